The molecule has 2 heterocycles. The van der Waals surface area contributed by atoms with Crippen LogP contribution in [0.25, 0.3) is 0 Å². The van der Waals surface area contributed by atoms with E-state index in [1.54, 1.807) is 13.8 Å². The molecule has 0 fully saturated rings. The number of hydrogen-bond donors (Lipinski definition) is 0. The van der Waals surface area contributed by atoms with Gasteiger partial charge in [0.05, 0.1) is 18.3 Å². The van der Waals surface area contributed by atoms with E-state index < -0.39 is 5.56 Å². The Bertz CT molecular complexity index is 487. The number of rotatable bonds is 0. The van der Waals surface area contributed by atoms with Crippen molar-refractivity contribution in [2.24, 2.45) is 10.9 Å². The first-order valence-corrected chi connectivity index (χ1v) is 4.27. The maximum atomic E-state index is 11.7. The summed E-state index contributed by atoms with van der Waals surface area (Å²) in [6.07, 6.45) is 2.53. The summed E-state index contributed by atoms with van der Waals surface area (Å²) in [5.41, 5.74) is 0.290. The third-order valence-corrected chi connectivity index (χ3v) is 2.33. The van der Waals surface area contributed by atoms with E-state index in [2.05, 4.69) is 9.98 Å². The molecule has 1 aliphatic heterocycles. The Labute approximate surface area is 80.1 Å². The predicted octanol–water partition coefficient (Wildman–Crippen LogP) is 0.626. The van der Waals surface area contributed by atoms with Crippen molar-refractivity contribution < 1.29 is 4.79 Å². The first-order chi connectivity index (χ1) is 6.61. The Morgan fingerprint density at radius 2 is 2.07 bits per heavy atom. The summed E-state index contributed by atoms with van der Waals surface area (Å²) in [4.78, 5) is 30.9. The molecule has 1 aliphatic rings. The number of fused-ring (bicyclic) bond motifs is 1. The molecule has 0 N–H and O–H groups in total. The van der Waals surface area contributed by atoms with Crippen LogP contribution in [-0.2, 0) is 0 Å². The number of carbonyl (C=O) groups excluding carboxylic acids is 1. The van der Waals surface area contributed by atoms with E-state index in [-0.39, 0.29) is 11.8 Å². The van der Waals surface area contributed by atoms with Crippen molar-refractivity contribution in [2.75, 3.05) is 0 Å². The van der Waals surface area contributed by atoms with Crippen molar-refractivity contribution in [1.82, 2.24) is 9.55 Å². The summed E-state index contributed by atoms with van der Waals surface area (Å²) in [5, 5.41) is 0. The highest BCUT2D eigenvalue weighted by atomic mass is 16.2. The standard InChI is InChI=1S/C9H9N3O2/c1-5-6(2)11-7-3-10-4-8(13)12(7)9(5)14/h3-5H,1-2H3. The largest absolute Gasteiger partial charge is 0.277 e. The molecule has 14 heavy (non-hydrogen) atoms. The number of aromatic nitrogens is 2. The van der Waals surface area contributed by atoms with Gasteiger partial charge in [-0.15, -0.1) is 0 Å². The fourth-order valence-corrected chi connectivity index (χ4v) is 1.35. The van der Waals surface area contributed by atoms with Gasteiger partial charge in [-0.2, -0.15) is 0 Å². The molecule has 72 valence electrons. The first kappa shape index (κ1) is 8.80. The number of carbonyl (C=O) groups is 1. The van der Waals surface area contributed by atoms with Gasteiger partial charge in [-0.3, -0.25) is 14.6 Å². The molecule has 0 spiro atoms. The zero-order valence-corrected chi connectivity index (χ0v) is 7.89. The normalized spacial score (nSPS) is 20.3. The molecule has 0 bridgehead atoms. The van der Waals surface area contributed by atoms with E-state index in [0.717, 1.165) is 10.8 Å². The maximum absolute atomic E-state index is 11.7. The van der Waals surface area contributed by atoms with Crippen molar-refractivity contribution in [2.45, 2.75) is 13.8 Å². The van der Waals surface area contributed by atoms with Crippen LogP contribution in [0.5, 0.6) is 0 Å². The van der Waals surface area contributed by atoms with E-state index in [9.17, 15) is 9.59 Å². The van der Waals surface area contributed by atoms with Gasteiger partial charge in [-0.1, -0.05) is 0 Å². The van der Waals surface area contributed by atoms with Crippen LogP contribution >= 0.6 is 0 Å². The summed E-state index contributed by atoms with van der Waals surface area (Å²) in [7, 11) is 0. The highest BCUT2D eigenvalue weighted by Crippen LogP contribution is 2.18. The van der Waals surface area contributed by atoms with E-state index in [0.29, 0.717) is 11.5 Å². The third kappa shape index (κ3) is 1.09. The molecule has 0 amide bonds. The third-order valence-electron chi connectivity index (χ3n) is 2.33. The average Bonchev–Trinajstić information content (AvgIpc) is 2.14. The summed E-state index contributed by atoms with van der Waals surface area (Å²) >= 11 is 0. The van der Waals surface area contributed by atoms with Crippen LogP contribution < -0.4 is 5.56 Å². The van der Waals surface area contributed by atoms with Gasteiger partial charge in [-0.25, -0.2) is 9.56 Å². The smallest absolute Gasteiger partial charge is 0.273 e. The Kier molecular flexibility index (Phi) is 1.80. The first-order valence-electron chi connectivity index (χ1n) is 4.27. The molecule has 0 radical (unpaired) electrons. The minimum Gasteiger partial charge on any atom is -0.273 e. The van der Waals surface area contributed by atoms with E-state index in [1.165, 1.54) is 6.20 Å². The van der Waals surface area contributed by atoms with Crippen LogP contribution in [0, 0.1) is 5.92 Å². The predicted molar refractivity (Wildman–Crippen MR) is 51.1 cm³/mol. The summed E-state index contributed by atoms with van der Waals surface area (Å²) in [5.74, 6) is -0.249. The lowest BCUT2D eigenvalue weighted by Gasteiger charge is -2.18. The maximum Gasteiger partial charge on any atom is 0.277 e. The highest BCUT2D eigenvalue weighted by molar-refractivity contribution is 6.07. The van der Waals surface area contributed by atoms with Crippen molar-refractivity contribution in [1.29, 1.82) is 0 Å². The second-order valence-corrected chi connectivity index (χ2v) is 3.25. The molecule has 2 rings (SSSR count). The van der Waals surface area contributed by atoms with Crippen molar-refractivity contribution in [3.05, 3.63) is 22.7 Å². The van der Waals surface area contributed by atoms with E-state index in [4.69, 9.17) is 0 Å². The zero-order valence-electron chi connectivity index (χ0n) is 7.89. The molecule has 5 nitrogen and oxygen atoms in total. The van der Waals surface area contributed by atoms with Crippen LogP contribution in [0.2, 0.25) is 0 Å². The fourth-order valence-electron chi connectivity index (χ4n) is 1.35. The summed E-state index contributed by atoms with van der Waals surface area (Å²) in [6.45, 7) is 3.50. The second kappa shape index (κ2) is 2.87. The molecule has 0 aromatic carbocycles. The number of aliphatic imine (C=N–C) groups is 1. The van der Waals surface area contributed by atoms with Gasteiger partial charge in [0, 0.05) is 5.71 Å². The molecule has 1 aromatic heterocycles. The van der Waals surface area contributed by atoms with Crippen molar-refractivity contribution in [3.63, 3.8) is 0 Å². The molecule has 0 aliphatic carbocycles. The van der Waals surface area contributed by atoms with Gasteiger partial charge in [-0.05, 0) is 13.8 Å². The molecule has 0 saturated carbocycles. The van der Waals surface area contributed by atoms with Crippen LogP contribution in [0.3, 0.4) is 0 Å². The van der Waals surface area contributed by atoms with E-state index >= 15 is 0 Å². The van der Waals surface area contributed by atoms with Gasteiger partial charge in [0.2, 0.25) is 5.91 Å². The lowest BCUT2D eigenvalue weighted by atomic mass is 10.0. The van der Waals surface area contributed by atoms with Gasteiger partial charge < -0.3 is 0 Å². The Morgan fingerprint density at radius 3 is 2.79 bits per heavy atom. The minimum atomic E-state index is -0.421. The van der Waals surface area contributed by atoms with E-state index in [1.807, 2.05) is 0 Å². The topological polar surface area (TPSA) is 64.3 Å². The monoisotopic (exact) mass is 191 g/mol. The lowest BCUT2D eigenvalue weighted by Crippen LogP contribution is -2.36. The van der Waals surface area contributed by atoms with Crippen molar-refractivity contribution >= 4 is 17.4 Å². The molecular weight excluding hydrogens is 182 g/mol. The molecule has 0 saturated heterocycles. The van der Waals surface area contributed by atoms with Gasteiger partial charge in [0.15, 0.2) is 5.82 Å². The summed E-state index contributed by atoms with van der Waals surface area (Å²) < 4.78 is 1.06. The minimum absolute atomic E-state index is 0.236. The molecule has 1 aromatic rings. The summed E-state index contributed by atoms with van der Waals surface area (Å²) in [6, 6.07) is 0. The lowest BCUT2D eigenvalue weighted by molar-refractivity contribution is 0.0872. The molecule has 5 heteroatoms. The number of nitrogens with zero attached hydrogens (tertiary/aromatic N) is 3. The average molecular weight is 191 g/mol. The zero-order chi connectivity index (χ0) is 10.3. The van der Waals surface area contributed by atoms with Gasteiger partial charge in [0.25, 0.3) is 5.56 Å². The Hall–Kier alpha value is -1.78. The van der Waals surface area contributed by atoms with Crippen LogP contribution in [0.15, 0.2) is 22.2 Å². The van der Waals surface area contributed by atoms with Crippen molar-refractivity contribution in [3.8, 4) is 0 Å². The SMILES string of the molecule is CC1=Nc2cncc(=O)n2C(=O)C1C. The molecular formula is C9H9N3O2. The molecule has 1 atom stereocenters. The fraction of sp³-hybridized carbons (Fsp3) is 0.333. The van der Waals surface area contributed by atoms with Crippen LogP contribution in [0.1, 0.15) is 18.6 Å². The number of hydrogen-bond acceptors (Lipinski definition) is 4. The highest BCUT2D eigenvalue weighted by Gasteiger charge is 2.25. The second-order valence-electron chi connectivity index (χ2n) is 3.25. The van der Waals surface area contributed by atoms with Gasteiger partial charge in [0.1, 0.15) is 0 Å². The Balaban J connectivity index is 2.76. The van der Waals surface area contributed by atoms with Crippen LogP contribution in [0.4, 0.5) is 5.82 Å². The molecule has 1 unspecified atom stereocenters. The van der Waals surface area contributed by atoms with Crippen LogP contribution in [-0.4, -0.2) is 21.2 Å². The quantitative estimate of drug-likeness (QED) is 0.604. The van der Waals surface area contributed by atoms with Gasteiger partial charge >= 0.3 is 0 Å². The Morgan fingerprint density at radius 1 is 1.36 bits per heavy atom.